The first-order chi connectivity index (χ1) is 12.7. The molecule has 1 aliphatic rings. The van der Waals surface area contributed by atoms with Gasteiger partial charge in [-0.1, -0.05) is 97.3 Å². The first-order valence-corrected chi connectivity index (χ1v) is 12.5. The van der Waals surface area contributed by atoms with Crippen molar-refractivity contribution < 1.29 is 0 Å². The van der Waals surface area contributed by atoms with Gasteiger partial charge in [-0.25, -0.2) is 0 Å². The monoisotopic (exact) mass is 382 g/mol. The Balaban J connectivity index is 1.73. The van der Waals surface area contributed by atoms with E-state index < -0.39 is 0 Å². The third kappa shape index (κ3) is 13.8. The summed E-state index contributed by atoms with van der Waals surface area (Å²) in [4.78, 5) is 4.66. The molecular formula is C23H46N2S. The molecule has 0 bridgehead atoms. The summed E-state index contributed by atoms with van der Waals surface area (Å²) in [5.41, 5.74) is 0. The van der Waals surface area contributed by atoms with Gasteiger partial charge in [-0.05, 0) is 12.2 Å². The van der Waals surface area contributed by atoms with Gasteiger partial charge in [0.15, 0.2) is 0 Å². The molecule has 1 rings (SSSR count). The van der Waals surface area contributed by atoms with Gasteiger partial charge in [0, 0.05) is 31.2 Å². The van der Waals surface area contributed by atoms with Gasteiger partial charge >= 0.3 is 0 Å². The maximum Gasteiger partial charge on any atom is 0.0891 e. The van der Waals surface area contributed by atoms with Crippen LogP contribution in [-0.4, -0.2) is 41.1 Å². The topological polar surface area (TPSA) is 6.48 Å². The van der Waals surface area contributed by atoms with Gasteiger partial charge < -0.3 is 9.80 Å². The number of unbranched alkanes of at least 4 members (excludes halogenated alkanes) is 13. The zero-order valence-electron chi connectivity index (χ0n) is 18.1. The molecule has 0 aromatic carbocycles. The van der Waals surface area contributed by atoms with Crippen LogP contribution in [0.15, 0.2) is 12.4 Å². The minimum absolute atomic E-state index is 0.744. The summed E-state index contributed by atoms with van der Waals surface area (Å²) in [6.45, 7) is 6.92. The summed E-state index contributed by atoms with van der Waals surface area (Å²) in [7, 11) is 2.14. The molecule has 0 N–H and O–H groups in total. The van der Waals surface area contributed by atoms with Crippen molar-refractivity contribution in [3.63, 3.8) is 0 Å². The van der Waals surface area contributed by atoms with Crippen LogP contribution in [0.25, 0.3) is 0 Å². The SMILES string of the molecule is CCCCCCCCCCCCCCCCSC(C)CN1C=CN(C)C1. The first-order valence-electron chi connectivity index (χ1n) is 11.5. The number of hydrogen-bond acceptors (Lipinski definition) is 3. The van der Waals surface area contributed by atoms with Crippen LogP contribution in [0.4, 0.5) is 0 Å². The molecule has 0 radical (unpaired) electrons. The third-order valence-electron chi connectivity index (χ3n) is 5.33. The van der Waals surface area contributed by atoms with Crippen molar-refractivity contribution in [3.8, 4) is 0 Å². The zero-order chi connectivity index (χ0) is 18.9. The highest BCUT2D eigenvalue weighted by atomic mass is 32.2. The van der Waals surface area contributed by atoms with Crippen LogP contribution in [0.5, 0.6) is 0 Å². The van der Waals surface area contributed by atoms with Crippen molar-refractivity contribution in [3.05, 3.63) is 12.4 Å². The van der Waals surface area contributed by atoms with Crippen molar-refractivity contribution in [2.24, 2.45) is 0 Å². The molecule has 0 fully saturated rings. The largest absolute Gasteiger partial charge is 0.362 e. The van der Waals surface area contributed by atoms with Crippen molar-refractivity contribution in [1.29, 1.82) is 0 Å². The van der Waals surface area contributed by atoms with E-state index in [1.165, 1.54) is 102 Å². The number of nitrogens with zero attached hydrogens (tertiary/aromatic N) is 2. The molecule has 0 saturated carbocycles. The highest BCUT2D eigenvalue weighted by Crippen LogP contribution is 2.18. The molecule has 0 spiro atoms. The molecule has 26 heavy (non-hydrogen) atoms. The van der Waals surface area contributed by atoms with Crippen LogP contribution in [0.1, 0.15) is 104 Å². The zero-order valence-corrected chi connectivity index (χ0v) is 18.9. The first kappa shape index (κ1) is 23.7. The lowest BCUT2D eigenvalue weighted by Crippen LogP contribution is -2.28. The van der Waals surface area contributed by atoms with Gasteiger partial charge in [-0.15, -0.1) is 0 Å². The predicted octanol–water partition coefficient (Wildman–Crippen LogP) is 7.27. The summed E-state index contributed by atoms with van der Waals surface area (Å²) in [6, 6.07) is 0. The van der Waals surface area contributed by atoms with Gasteiger partial charge in [-0.2, -0.15) is 11.8 Å². The minimum Gasteiger partial charge on any atom is -0.362 e. The molecule has 1 heterocycles. The summed E-state index contributed by atoms with van der Waals surface area (Å²) < 4.78 is 0. The maximum atomic E-state index is 2.42. The van der Waals surface area contributed by atoms with Gasteiger partial charge in [0.05, 0.1) is 6.67 Å². The van der Waals surface area contributed by atoms with Gasteiger partial charge in [0.1, 0.15) is 0 Å². The fraction of sp³-hybridized carbons (Fsp3) is 0.913. The van der Waals surface area contributed by atoms with Crippen LogP contribution in [0.3, 0.4) is 0 Å². The second-order valence-electron chi connectivity index (χ2n) is 8.25. The van der Waals surface area contributed by atoms with E-state index in [1.54, 1.807) is 0 Å². The van der Waals surface area contributed by atoms with E-state index in [9.17, 15) is 0 Å². The Hall–Kier alpha value is -0.310. The summed E-state index contributed by atoms with van der Waals surface area (Å²) in [5, 5.41) is 0.744. The standard InChI is InChI=1S/C23H46N2S/c1-4-5-6-7-8-9-10-11-12-13-14-15-16-17-20-26-23(2)21-25-19-18-24(3)22-25/h18-19,23H,4-17,20-22H2,1-3H3. The van der Waals surface area contributed by atoms with Crippen LogP contribution in [-0.2, 0) is 0 Å². The van der Waals surface area contributed by atoms with Crippen LogP contribution < -0.4 is 0 Å². The average molecular weight is 383 g/mol. The molecule has 0 aromatic rings. The molecule has 0 aliphatic carbocycles. The Kier molecular flexibility index (Phi) is 15.4. The molecule has 0 amide bonds. The molecule has 1 atom stereocenters. The van der Waals surface area contributed by atoms with Crippen LogP contribution >= 0.6 is 11.8 Å². The van der Waals surface area contributed by atoms with Crippen molar-refractivity contribution in [2.75, 3.05) is 26.0 Å². The smallest absolute Gasteiger partial charge is 0.0891 e. The lowest BCUT2D eigenvalue weighted by molar-refractivity contribution is 0.299. The summed E-state index contributed by atoms with van der Waals surface area (Å²) in [5.74, 6) is 1.34. The van der Waals surface area contributed by atoms with Crippen molar-refractivity contribution in [1.82, 2.24) is 9.80 Å². The molecule has 3 heteroatoms. The van der Waals surface area contributed by atoms with E-state index in [0.29, 0.717) is 0 Å². The van der Waals surface area contributed by atoms with Crippen molar-refractivity contribution in [2.45, 2.75) is 109 Å². The number of hydrogen-bond donors (Lipinski definition) is 0. The highest BCUT2D eigenvalue weighted by molar-refractivity contribution is 7.99. The number of rotatable bonds is 18. The van der Waals surface area contributed by atoms with Gasteiger partial charge in [0.25, 0.3) is 0 Å². The molecule has 0 saturated heterocycles. The molecule has 0 aromatic heterocycles. The Bertz CT molecular complexity index is 332. The Labute approximate surface area is 169 Å². The van der Waals surface area contributed by atoms with Crippen LogP contribution in [0, 0.1) is 0 Å². The predicted molar refractivity (Wildman–Crippen MR) is 121 cm³/mol. The fourth-order valence-electron chi connectivity index (χ4n) is 3.67. The summed E-state index contributed by atoms with van der Waals surface area (Å²) in [6.07, 6.45) is 24.7. The van der Waals surface area contributed by atoms with Gasteiger partial charge in [-0.3, -0.25) is 0 Å². The quantitative estimate of drug-likeness (QED) is 0.230. The third-order valence-corrected chi connectivity index (χ3v) is 6.57. The molecule has 1 aliphatic heterocycles. The Morgan fingerprint density at radius 3 is 1.73 bits per heavy atom. The number of thioether (sulfide) groups is 1. The van der Waals surface area contributed by atoms with E-state index in [1.807, 2.05) is 0 Å². The van der Waals surface area contributed by atoms with E-state index in [4.69, 9.17) is 0 Å². The normalized spacial score (nSPS) is 15.2. The molecular weight excluding hydrogens is 336 g/mol. The maximum absolute atomic E-state index is 2.42. The lowest BCUT2D eigenvalue weighted by atomic mass is 10.0. The van der Waals surface area contributed by atoms with E-state index >= 15 is 0 Å². The Morgan fingerprint density at radius 1 is 0.769 bits per heavy atom. The second kappa shape index (κ2) is 16.8. The fourth-order valence-corrected chi connectivity index (χ4v) is 4.74. The average Bonchev–Trinajstić information content (AvgIpc) is 3.03. The lowest BCUT2D eigenvalue weighted by Gasteiger charge is -2.21. The molecule has 2 nitrogen and oxygen atoms in total. The summed E-state index contributed by atoms with van der Waals surface area (Å²) >= 11 is 2.15. The van der Waals surface area contributed by atoms with Gasteiger partial charge in [0.2, 0.25) is 0 Å². The molecule has 1 unspecified atom stereocenters. The van der Waals surface area contributed by atoms with E-state index in [0.717, 1.165) is 11.9 Å². The minimum atomic E-state index is 0.744. The highest BCUT2D eigenvalue weighted by Gasteiger charge is 2.12. The second-order valence-corrected chi connectivity index (χ2v) is 9.79. The van der Waals surface area contributed by atoms with Crippen molar-refractivity contribution >= 4 is 11.8 Å². The Morgan fingerprint density at radius 2 is 1.27 bits per heavy atom. The van der Waals surface area contributed by atoms with E-state index in [-0.39, 0.29) is 0 Å². The van der Waals surface area contributed by atoms with E-state index in [2.05, 4.69) is 54.9 Å². The van der Waals surface area contributed by atoms with Crippen LogP contribution in [0.2, 0.25) is 0 Å². The molecule has 154 valence electrons.